The van der Waals surface area contributed by atoms with E-state index in [0.29, 0.717) is 16.9 Å². The Kier molecular flexibility index (Phi) is 1.76. The Morgan fingerprint density at radius 2 is 2.31 bits per heavy atom. The van der Waals surface area contributed by atoms with Gasteiger partial charge >= 0.3 is 0 Å². The van der Waals surface area contributed by atoms with Crippen LogP contribution in [-0.2, 0) is 6.61 Å². The van der Waals surface area contributed by atoms with Gasteiger partial charge in [-0.05, 0) is 12.1 Å². The Labute approximate surface area is 74.8 Å². The van der Waals surface area contributed by atoms with Crippen LogP contribution in [0.5, 0.6) is 0 Å². The summed E-state index contributed by atoms with van der Waals surface area (Å²) in [6.45, 7) is -0.139. The fourth-order valence-corrected chi connectivity index (χ4v) is 1.28. The Morgan fingerprint density at radius 1 is 1.46 bits per heavy atom. The van der Waals surface area contributed by atoms with Crippen molar-refractivity contribution in [2.75, 3.05) is 0 Å². The molecule has 3 heteroatoms. The summed E-state index contributed by atoms with van der Waals surface area (Å²) >= 11 is 0. The Hall–Kier alpha value is -1.79. The second-order valence-electron chi connectivity index (χ2n) is 2.71. The van der Waals surface area contributed by atoms with Gasteiger partial charge in [0, 0.05) is 5.39 Å². The van der Waals surface area contributed by atoms with Gasteiger partial charge in [-0.3, -0.25) is 0 Å². The van der Waals surface area contributed by atoms with E-state index < -0.39 is 0 Å². The van der Waals surface area contributed by atoms with Crippen molar-refractivity contribution < 1.29 is 9.52 Å². The molecule has 64 valence electrons. The molecule has 2 rings (SSSR count). The minimum atomic E-state index is -0.139. The molecule has 0 atom stereocenters. The highest BCUT2D eigenvalue weighted by atomic mass is 16.4. The van der Waals surface area contributed by atoms with Gasteiger partial charge in [-0.2, -0.15) is 5.26 Å². The van der Waals surface area contributed by atoms with Crippen LogP contribution in [0.25, 0.3) is 11.0 Å². The molecule has 1 heterocycles. The minimum absolute atomic E-state index is 0.139. The zero-order valence-corrected chi connectivity index (χ0v) is 6.82. The summed E-state index contributed by atoms with van der Waals surface area (Å²) in [5.41, 5.74) is 1.05. The number of nitriles is 1. The second kappa shape index (κ2) is 2.92. The number of hydrogen-bond donors (Lipinski definition) is 1. The molecular formula is C10H7NO2. The number of para-hydroxylation sites is 1. The number of fused-ring (bicyclic) bond motifs is 1. The zero-order chi connectivity index (χ0) is 9.26. The Morgan fingerprint density at radius 3 is 3.00 bits per heavy atom. The summed E-state index contributed by atoms with van der Waals surface area (Å²) in [6.07, 6.45) is 0. The van der Waals surface area contributed by atoms with Crippen LogP contribution in [0, 0.1) is 11.3 Å². The van der Waals surface area contributed by atoms with Gasteiger partial charge in [0.05, 0.1) is 5.56 Å². The monoisotopic (exact) mass is 173 g/mol. The first-order valence-corrected chi connectivity index (χ1v) is 3.87. The van der Waals surface area contributed by atoms with Crippen LogP contribution < -0.4 is 0 Å². The van der Waals surface area contributed by atoms with Gasteiger partial charge in [0.2, 0.25) is 0 Å². The van der Waals surface area contributed by atoms with E-state index in [1.807, 2.05) is 12.1 Å². The van der Waals surface area contributed by atoms with Crippen LogP contribution in [0.3, 0.4) is 0 Å². The van der Waals surface area contributed by atoms with Gasteiger partial charge in [0.1, 0.15) is 18.4 Å². The summed E-state index contributed by atoms with van der Waals surface area (Å²) in [5.74, 6) is 0.484. The predicted molar refractivity (Wildman–Crippen MR) is 46.9 cm³/mol. The molecule has 0 spiro atoms. The van der Waals surface area contributed by atoms with Crippen LogP contribution >= 0.6 is 0 Å². The third-order valence-electron chi connectivity index (χ3n) is 1.87. The molecule has 0 saturated heterocycles. The summed E-state index contributed by atoms with van der Waals surface area (Å²) in [4.78, 5) is 0. The molecule has 1 N–H and O–H groups in total. The van der Waals surface area contributed by atoms with Crippen molar-refractivity contribution in [2.45, 2.75) is 6.61 Å². The Bertz CT molecular complexity index is 479. The average Bonchev–Trinajstić information content (AvgIpc) is 2.59. The lowest BCUT2D eigenvalue weighted by Gasteiger charge is -1.89. The van der Waals surface area contributed by atoms with Crippen molar-refractivity contribution in [1.82, 2.24) is 0 Å². The third-order valence-corrected chi connectivity index (χ3v) is 1.87. The maximum absolute atomic E-state index is 8.83. The fraction of sp³-hybridized carbons (Fsp3) is 0.100. The number of hydrogen-bond acceptors (Lipinski definition) is 3. The molecule has 1 aromatic heterocycles. The molecule has 0 radical (unpaired) electrons. The molecule has 3 nitrogen and oxygen atoms in total. The molecule has 0 bridgehead atoms. The molecule has 0 fully saturated rings. The number of benzene rings is 1. The molecule has 0 aliphatic heterocycles. The molecule has 0 aliphatic carbocycles. The first kappa shape index (κ1) is 7.84. The molecule has 0 saturated carbocycles. The fourth-order valence-electron chi connectivity index (χ4n) is 1.28. The Balaban J connectivity index is 2.76. The van der Waals surface area contributed by atoms with E-state index in [9.17, 15) is 0 Å². The number of rotatable bonds is 1. The van der Waals surface area contributed by atoms with Crippen LogP contribution in [0.15, 0.2) is 28.7 Å². The topological polar surface area (TPSA) is 57.2 Å². The largest absolute Gasteiger partial charge is 0.457 e. The normalized spacial score (nSPS) is 10.2. The SMILES string of the molecule is N#Cc1cccc2cc(CO)oc12. The van der Waals surface area contributed by atoms with E-state index in [1.165, 1.54) is 0 Å². The van der Waals surface area contributed by atoms with E-state index in [4.69, 9.17) is 14.8 Å². The van der Waals surface area contributed by atoms with Gasteiger partial charge in [0.25, 0.3) is 0 Å². The van der Waals surface area contributed by atoms with Crippen LogP contribution in [0.1, 0.15) is 11.3 Å². The molecule has 0 unspecified atom stereocenters. The van der Waals surface area contributed by atoms with E-state index in [0.717, 1.165) is 5.39 Å². The summed E-state index contributed by atoms with van der Waals surface area (Å²) in [7, 11) is 0. The maximum Gasteiger partial charge on any atom is 0.152 e. The van der Waals surface area contributed by atoms with Crippen LogP contribution in [0.4, 0.5) is 0 Å². The number of nitrogens with zero attached hydrogens (tertiary/aromatic N) is 1. The minimum Gasteiger partial charge on any atom is -0.457 e. The van der Waals surface area contributed by atoms with Gasteiger partial charge in [-0.15, -0.1) is 0 Å². The molecule has 0 amide bonds. The zero-order valence-electron chi connectivity index (χ0n) is 6.82. The highest BCUT2D eigenvalue weighted by Crippen LogP contribution is 2.22. The standard InChI is InChI=1S/C10H7NO2/c11-5-8-3-1-2-7-4-9(6-12)13-10(7)8/h1-4,12H,6H2. The number of furan rings is 1. The quantitative estimate of drug-likeness (QED) is 0.715. The van der Waals surface area contributed by atoms with Crippen molar-refractivity contribution in [3.05, 3.63) is 35.6 Å². The first-order valence-electron chi connectivity index (χ1n) is 3.87. The van der Waals surface area contributed by atoms with Gasteiger partial charge in [0.15, 0.2) is 5.58 Å². The molecular weight excluding hydrogens is 166 g/mol. The predicted octanol–water partition coefficient (Wildman–Crippen LogP) is 1.80. The van der Waals surface area contributed by atoms with Gasteiger partial charge < -0.3 is 9.52 Å². The van der Waals surface area contributed by atoms with Crippen molar-refractivity contribution in [2.24, 2.45) is 0 Å². The van der Waals surface area contributed by atoms with Crippen LogP contribution in [0.2, 0.25) is 0 Å². The second-order valence-corrected chi connectivity index (χ2v) is 2.71. The van der Waals surface area contributed by atoms with E-state index >= 15 is 0 Å². The van der Waals surface area contributed by atoms with Gasteiger partial charge in [-0.1, -0.05) is 12.1 Å². The lowest BCUT2D eigenvalue weighted by molar-refractivity contribution is 0.251. The van der Waals surface area contributed by atoms with E-state index in [2.05, 4.69) is 0 Å². The first-order chi connectivity index (χ1) is 6.35. The number of aliphatic hydroxyl groups is 1. The lowest BCUT2D eigenvalue weighted by Crippen LogP contribution is -1.74. The van der Waals surface area contributed by atoms with Crippen molar-refractivity contribution in [3.8, 4) is 6.07 Å². The van der Waals surface area contributed by atoms with Crippen LogP contribution in [-0.4, -0.2) is 5.11 Å². The maximum atomic E-state index is 8.83. The van der Waals surface area contributed by atoms with Crippen molar-refractivity contribution in [3.63, 3.8) is 0 Å². The summed E-state index contributed by atoms with van der Waals surface area (Å²) < 4.78 is 5.27. The summed E-state index contributed by atoms with van der Waals surface area (Å²) in [5, 5.41) is 18.4. The van der Waals surface area contributed by atoms with E-state index in [-0.39, 0.29) is 6.61 Å². The third kappa shape index (κ3) is 1.17. The number of aliphatic hydroxyl groups excluding tert-OH is 1. The molecule has 2 aromatic rings. The van der Waals surface area contributed by atoms with Crippen molar-refractivity contribution >= 4 is 11.0 Å². The average molecular weight is 173 g/mol. The molecule has 13 heavy (non-hydrogen) atoms. The highest BCUT2D eigenvalue weighted by molar-refractivity contribution is 5.83. The molecule has 0 aliphatic rings. The van der Waals surface area contributed by atoms with Gasteiger partial charge in [-0.25, -0.2) is 0 Å². The van der Waals surface area contributed by atoms with Crippen molar-refractivity contribution in [1.29, 1.82) is 5.26 Å². The summed E-state index contributed by atoms with van der Waals surface area (Å²) in [6, 6.07) is 9.09. The molecule has 1 aromatic carbocycles. The lowest BCUT2D eigenvalue weighted by atomic mass is 10.2. The van der Waals surface area contributed by atoms with E-state index in [1.54, 1.807) is 18.2 Å². The smallest absolute Gasteiger partial charge is 0.152 e. The highest BCUT2D eigenvalue weighted by Gasteiger charge is 2.06.